The summed E-state index contributed by atoms with van der Waals surface area (Å²) in [6, 6.07) is 13.6. The van der Waals surface area contributed by atoms with Crippen LogP contribution in [0.1, 0.15) is 18.4 Å². The Bertz CT molecular complexity index is 1370. The number of halogens is 2. The van der Waals surface area contributed by atoms with Crippen LogP contribution in [0.2, 0.25) is 5.02 Å². The zero-order valence-corrected chi connectivity index (χ0v) is 25.8. The summed E-state index contributed by atoms with van der Waals surface area (Å²) in [5, 5.41) is 10.1. The summed E-state index contributed by atoms with van der Waals surface area (Å²) in [5.41, 5.74) is 0.777. The molecule has 2 bridgehead atoms. The first-order chi connectivity index (χ1) is 20.2. The highest BCUT2D eigenvalue weighted by molar-refractivity contribution is 9.09. The van der Waals surface area contributed by atoms with E-state index in [9.17, 15) is 19.5 Å². The highest BCUT2D eigenvalue weighted by Crippen LogP contribution is 2.60. The van der Waals surface area contributed by atoms with Crippen molar-refractivity contribution < 1.29 is 24.2 Å². The van der Waals surface area contributed by atoms with Crippen molar-refractivity contribution in [2.45, 2.75) is 42.3 Å². The summed E-state index contributed by atoms with van der Waals surface area (Å²) < 4.78 is 6.68. The fourth-order valence-corrected chi connectivity index (χ4v) is 8.21. The third-order valence-corrected chi connectivity index (χ3v) is 9.70. The Kier molecular flexibility index (Phi) is 8.94. The second-order valence-corrected chi connectivity index (χ2v) is 12.6. The molecule has 3 aliphatic heterocycles. The Hall–Kier alpha value is -2.98. The Morgan fingerprint density at radius 2 is 1.81 bits per heavy atom. The number of aryl methyl sites for hydroxylation is 1. The van der Waals surface area contributed by atoms with Gasteiger partial charge in [0.15, 0.2) is 0 Å². The maximum Gasteiger partial charge on any atom is 0.253 e. The van der Waals surface area contributed by atoms with Gasteiger partial charge >= 0.3 is 0 Å². The van der Waals surface area contributed by atoms with Crippen LogP contribution in [0.25, 0.3) is 0 Å². The molecule has 0 saturated carbocycles. The molecule has 3 aliphatic rings. The number of hydrogen-bond donors (Lipinski definition) is 1. The normalized spacial score (nSPS) is 27.6. The molecule has 2 aromatic carbocycles. The molecule has 8 nitrogen and oxygen atoms in total. The van der Waals surface area contributed by atoms with E-state index in [0.717, 1.165) is 5.56 Å². The van der Waals surface area contributed by atoms with E-state index in [2.05, 4.69) is 29.1 Å². The summed E-state index contributed by atoms with van der Waals surface area (Å²) in [5.74, 6) is -2.62. The predicted molar refractivity (Wildman–Crippen MR) is 167 cm³/mol. The molecule has 3 unspecified atom stereocenters. The minimum absolute atomic E-state index is 0.143. The van der Waals surface area contributed by atoms with Crippen LogP contribution in [0.5, 0.6) is 0 Å². The first-order valence-electron chi connectivity index (χ1n) is 14.1. The first-order valence-corrected chi connectivity index (χ1v) is 15.4. The van der Waals surface area contributed by atoms with Crippen molar-refractivity contribution in [2.75, 3.05) is 36.0 Å². The van der Waals surface area contributed by atoms with Crippen molar-refractivity contribution in [3.05, 3.63) is 84.4 Å². The number of fused-ring (bicyclic) bond motifs is 1. The van der Waals surface area contributed by atoms with E-state index >= 15 is 0 Å². The molecule has 0 aromatic heterocycles. The monoisotopic (exact) mass is 655 g/mol. The molecular weight excluding hydrogens is 622 g/mol. The number of carbonyl (C=O) groups is 3. The molecule has 3 heterocycles. The van der Waals surface area contributed by atoms with Gasteiger partial charge in [0.05, 0.1) is 28.6 Å². The van der Waals surface area contributed by atoms with E-state index in [1.807, 2.05) is 49.4 Å². The van der Waals surface area contributed by atoms with E-state index in [4.69, 9.17) is 16.3 Å². The number of carbonyl (C=O) groups excluding carboxylic acids is 3. The molecule has 2 aromatic rings. The lowest BCUT2D eigenvalue weighted by Crippen LogP contribution is -2.57. The van der Waals surface area contributed by atoms with Crippen LogP contribution in [0.4, 0.5) is 11.4 Å². The molecule has 1 spiro atoms. The van der Waals surface area contributed by atoms with Gasteiger partial charge in [-0.3, -0.25) is 14.4 Å². The first kappa shape index (κ1) is 30.5. The Balaban J connectivity index is 1.60. The number of anilines is 2. The Morgan fingerprint density at radius 3 is 2.45 bits per heavy atom. The zero-order chi connectivity index (χ0) is 30.2. The molecule has 6 atom stereocenters. The summed E-state index contributed by atoms with van der Waals surface area (Å²) >= 11 is 10.4. The van der Waals surface area contributed by atoms with Crippen molar-refractivity contribution in [1.82, 2.24) is 4.90 Å². The van der Waals surface area contributed by atoms with Crippen molar-refractivity contribution in [2.24, 2.45) is 11.8 Å². The minimum Gasteiger partial charge on any atom is -0.396 e. The number of nitrogens with zero attached hydrogens (tertiary/aromatic N) is 3. The Morgan fingerprint density at radius 1 is 1.12 bits per heavy atom. The maximum absolute atomic E-state index is 14.7. The smallest absolute Gasteiger partial charge is 0.253 e. The number of para-hydroxylation sites is 2. The quantitative estimate of drug-likeness (QED) is 0.284. The van der Waals surface area contributed by atoms with Gasteiger partial charge in [0.25, 0.3) is 5.91 Å². The van der Waals surface area contributed by atoms with E-state index in [1.54, 1.807) is 28.0 Å². The second kappa shape index (κ2) is 12.3. The summed E-state index contributed by atoms with van der Waals surface area (Å²) in [6.07, 6.45) is 3.31. The zero-order valence-electron chi connectivity index (χ0n) is 23.5. The molecule has 3 saturated heterocycles. The van der Waals surface area contributed by atoms with Gasteiger partial charge in [-0.25, -0.2) is 0 Å². The highest BCUT2D eigenvalue weighted by Gasteiger charge is 2.77. The van der Waals surface area contributed by atoms with Crippen LogP contribution in [0.15, 0.2) is 73.8 Å². The molecule has 0 aliphatic carbocycles. The van der Waals surface area contributed by atoms with Crippen molar-refractivity contribution in [1.29, 1.82) is 0 Å². The topological polar surface area (TPSA) is 90.4 Å². The van der Waals surface area contributed by atoms with Gasteiger partial charge in [-0.05, 0) is 43.5 Å². The number of ether oxygens (including phenoxy) is 1. The highest BCUT2D eigenvalue weighted by atomic mass is 79.9. The lowest BCUT2D eigenvalue weighted by molar-refractivity contribution is -0.140. The van der Waals surface area contributed by atoms with Crippen molar-refractivity contribution in [3.63, 3.8) is 0 Å². The molecule has 222 valence electrons. The fourth-order valence-electron chi connectivity index (χ4n) is 6.95. The van der Waals surface area contributed by atoms with Gasteiger partial charge in [-0.15, -0.1) is 13.2 Å². The van der Waals surface area contributed by atoms with E-state index in [-0.39, 0.29) is 55.2 Å². The standard InChI is InChI=1S/C32H35BrClN3O5/c1-4-15-35(21-12-7-6-8-13-21)29(39)24-25-30(40)37(17-10-18-38)28(32(25)19-22(33)27(24)42-32)31(41)36(16-5-2)26-20(3)11-9-14-23(26)34/h4-9,11-14,22,24-25,27-28,38H,1-2,10,15-19H2,3H3/t22?,24-,25+,27-,28?,32?/m1/s1. The number of hydrogen-bond acceptors (Lipinski definition) is 5. The second-order valence-electron chi connectivity index (χ2n) is 11.0. The van der Waals surface area contributed by atoms with Gasteiger partial charge in [0.2, 0.25) is 11.8 Å². The number of aliphatic hydroxyl groups excluding tert-OH is 1. The van der Waals surface area contributed by atoms with Crippen LogP contribution < -0.4 is 9.80 Å². The Labute approximate surface area is 259 Å². The van der Waals surface area contributed by atoms with Crippen LogP contribution in [0.3, 0.4) is 0 Å². The summed E-state index contributed by atoms with van der Waals surface area (Å²) in [7, 11) is 0. The average molecular weight is 657 g/mol. The third-order valence-electron chi connectivity index (χ3n) is 8.55. The molecule has 1 N–H and O–H groups in total. The average Bonchev–Trinajstić information content (AvgIpc) is 3.57. The summed E-state index contributed by atoms with van der Waals surface area (Å²) in [6.45, 7) is 9.96. The van der Waals surface area contributed by atoms with Gasteiger partial charge < -0.3 is 24.5 Å². The number of amides is 3. The van der Waals surface area contributed by atoms with Crippen LogP contribution in [0, 0.1) is 18.8 Å². The molecule has 10 heteroatoms. The maximum atomic E-state index is 14.7. The van der Waals surface area contributed by atoms with Crippen LogP contribution >= 0.6 is 27.5 Å². The summed E-state index contributed by atoms with van der Waals surface area (Å²) in [4.78, 5) is 47.8. The third kappa shape index (κ3) is 4.90. The van der Waals surface area contributed by atoms with E-state index in [1.165, 1.54) is 4.90 Å². The lowest BCUT2D eigenvalue weighted by Gasteiger charge is -2.38. The number of benzene rings is 2. The van der Waals surface area contributed by atoms with Gasteiger partial charge in [0.1, 0.15) is 11.6 Å². The number of aliphatic hydroxyl groups is 1. The number of alkyl halides is 1. The van der Waals surface area contributed by atoms with Crippen LogP contribution in [-0.4, -0.2) is 76.5 Å². The molecule has 5 rings (SSSR count). The largest absolute Gasteiger partial charge is 0.396 e. The molecular formula is C32H35BrClN3O5. The lowest BCUT2D eigenvalue weighted by atomic mass is 9.70. The van der Waals surface area contributed by atoms with E-state index < -0.39 is 29.6 Å². The van der Waals surface area contributed by atoms with E-state index in [0.29, 0.717) is 22.8 Å². The van der Waals surface area contributed by atoms with Gasteiger partial charge in [-0.1, -0.05) is 70.0 Å². The van der Waals surface area contributed by atoms with Gasteiger partial charge in [0, 0.05) is 36.8 Å². The SMILES string of the molecule is C=CCN(C(=O)[C@H]1[C@@H]2OC3(CC2Br)C(C(=O)N(CC=C)c2c(C)cccc2Cl)N(CCCO)C(=O)[C@H]13)c1ccccc1. The van der Waals surface area contributed by atoms with Crippen molar-refractivity contribution in [3.8, 4) is 0 Å². The predicted octanol–water partition coefficient (Wildman–Crippen LogP) is 4.52. The number of rotatable bonds is 11. The molecule has 3 fully saturated rings. The fraction of sp³-hybridized carbons (Fsp3) is 0.406. The van der Waals surface area contributed by atoms with Crippen molar-refractivity contribution >= 4 is 56.6 Å². The number of likely N-dealkylation sites (tertiary alicyclic amines) is 1. The van der Waals surface area contributed by atoms with Crippen LogP contribution in [-0.2, 0) is 19.1 Å². The molecule has 42 heavy (non-hydrogen) atoms. The molecule has 3 amide bonds. The molecule has 0 radical (unpaired) electrons. The minimum atomic E-state index is -1.24. The van der Waals surface area contributed by atoms with Gasteiger partial charge in [-0.2, -0.15) is 0 Å².